The summed E-state index contributed by atoms with van der Waals surface area (Å²) < 4.78 is 6.26. The van der Waals surface area contributed by atoms with Gasteiger partial charge in [-0.25, -0.2) is 0 Å². The van der Waals surface area contributed by atoms with Crippen LogP contribution in [0.25, 0.3) is 10.8 Å². The first-order valence-corrected chi connectivity index (χ1v) is 9.61. The van der Waals surface area contributed by atoms with Gasteiger partial charge in [0.1, 0.15) is 11.5 Å². The molecule has 0 saturated heterocycles. The van der Waals surface area contributed by atoms with E-state index in [1.807, 2.05) is 6.07 Å². The maximum atomic E-state index is 6.26. The van der Waals surface area contributed by atoms with Crippen molar-refractivity contribution < 1.29 is 4.74 Å². The van der Waals surface area contributed by atoms with Crippen molar-refractivity contribution >= 4 is 22.1 Å². The highest BCUT2D eigenvalue weighted by atomic mass is 16.5. The Morgan fingerprint density at radius 2 is 1.88 bits per heavy atom. The zero-order valence-electron chi connectivity index (χ0n) is 15.6. The minimum absolute atomic E-state index is 0.887. The van der Waals surface area contributed by atoms with Crippen LogP contribution in [0.3, 0.4) is 0 Å². The Labute approximate surface area is 155 Å². The molecular formula is C23H26N2O. The molecule has 0 saturated carbocycles. The molecule has 0 fully saturated rings. The third-order valence-electron chi connectivity index (χ3n) is 5.20. The van der Waals surface area contributed by atoms with Crippen LogP contribution in [0.4, 0.5) is 11.4 Å². The summed E-state index contributed by atoms with van der Waals surface area (Å²) in [6.45, 7) is 7.45. The number of ether oxygens (including phenoxy) is 1. The van der Waals surface area contributed by atoms with Gasteiger partial charge < -0.3 is 15.0 Å². The van der Waals surface area contributed by atoms with Crippen molar-refractivity contribution in [3.8, 4) is 11.5 Å². The van der Waals surface area contributed by atoms with E-state index >= 15 is 0 Å². The van der Waals surface area contributed by atoms with Gasteiger partial charge in [-0.15, -0.1) is 0 Å². The number of benzene rings is 3. The van der Waals surface area contributed by atoms with Crippen molar-refractivity contribution in [1.82, 2.24) is 0 Å². The molecular weight excluding hydrogens is 320 g/mol. The fraction of sp³-hybridized carbons (Fsp3) is 0.304. The van der Waals surface area contributed by atoms with Crippen molar-refractivity contribution in [3.05, 3.63) is 60.2 Å². The molecule has 0 amide bonds. The summed E-state index contributed by atoms with van der Waals surface area (Å²) in [4.78, 5) is 2.36. The van der Waals surface area contributed by atoms with Gasteiger partial charge in [-0.05, 0) is 68.0 Å². The van der Waals surface area contributed by atoms with E-state index in [0.717, 1.165) is 42.9 Å². The molecule has 4 rings (SSSR count). The molecule has 0 aromatic heterocycles. The van der Waals surface area contributed by atoms with Crippen LogP contribution in [0, 0.1) is 0 Å². The maximum Gasteiger partial charge on any atom is 0.135 e. The summed E-state index contributed by atoms with van der Waals surface area (Å²) in [5.74, 6) is 1.79. The Morgan fingerprint density at radius 1 is 1.00 bits per heavy atom. The molecule has 0 aliphatic carbocycles. The molecule has 3 heteroatoms. The SMILES string of the molecule is CCN(CC)c1ccc2c(Oc3ccc4c(c3)NCCC4)cccc2c1. The Bertz CT molecular complexity index is 915. The molecule has 0 unspecified atom stereocenters. The summed E-state index contributed by atoms with van der Waals surface area (Å²) >= 11 is 0. The first kappa shape index (κ1) is 16.8. The van der Waals surface area contributed by atoms with Gasteiger partial charge in [0, 0.05) is 42.5 Å². The zero-order valence-corrected chi connectivity index (χ0v) is 15.6. The average Bonchev–Trinajstić information content (AvgIpc) is 2.69. The summed E-state index contributed by atoms with van der Waals surface area (Å²) in [6.07, 6.45) is 2.34. The number of anilines is 2. The van der Waals surface area contributed by atoms with Crippen molar-refractivity contribution in [2.45, 2.75) is 26.7 Å². The predicted molar refractivity (Wildman–Crippen MR) is 111 cm³/mol. The summed E-state index contributed by atoms with van der Waals surface area (Å²) in [5.41, 5.74) is 3.85. The van der Waals surface area contributed by atoms with Crippen molar-refractivity contribution in [3.63, 3.8) is 0 Å². The quantitative estimate of drug-likeness (QED) is 0.628. The van der Waals surface area contributed by atoms with Crippen LogP contribution in [0.5, 0.6) is 11.5 Å². The van der Waals surface area contributed by atoms with Crippen molar-refractivity contribution in [2.75, 3.05) is 29.9 Å². The van der Waals surface area contributed by atoms with E-state index in [2.05, 4.69) is 72.6 Å². The molecule has 1 aliphatic rings. The second kappa shape index (κ2) is 7.28. The number of rotatable bonds is 5. The second-order valence-corrected chi connectivity index (χ2v) is 6.79. The van der Waals surface area contributed by atoms with Gasteiger partial charge in [0.15, 0.2) is 0 Å². The van der Waals surface area contributed by atoms with E-state index < -0.39 is 0 Å². The number of nitrogens with zero attached hydrogens (tertiary/aromatic N) is 1. The lowest BCUT2D eigenvalue weighted by atomic mass is 10.0. The zero-order chi connectivity index (χ0) is 17.9. The number of hydrogen-bond donors (Lipinski definition) is 1. The number of hydrogen-bond acceptors (Lipinski definition) is 3. The third-order valence-corrected chi connectivity index (χ3v) is 5.20. The summed E-state index contributed by atoms with van der Waals surface area (Å²) in [6, 6.07) is 19.3. The smallest absolute Gasteiger partial charge is 0.135 e. The molecule has 1 N–H and O–H groups in total. The van der Waals surface area contributed by atoms with Gasteiger partial charge in [-0.2, -0.15) is 0 Å². The molecule has 134 valence electrons. The van der Waals surface area contributed by atoms with Crippen LogP contribution in [0.1, 0.15) is 25.8 Å². The molecule has 0 bridgehead atoms. The monoisotopic (exact) mass is 346 g/mol. The Kier molecular flexibility index (Phi) is 4.70. The Morgan fingerprint density at radius 3 is 2.73 bits per heavy atom. The van der Waals surface area contributed by atoms with Gasteiger partial charge >= 0.3 is 0 Å². The lowest BCUT2D eigenvalue weighted by Crippen LogP contribution is -2.21. The minimum atomic E-state index is 0.887. The lowest BCUT2D eigenvalue weighted by molar-refractivity contribution is 0.488. The van der Waals surface area contributed by atoms with Crippen LogP contribution in [0.2, 0.25) is 0 Å². The maximum absolute atomic E-state index is 6.26. The van der Waals surface area contributed by atoms with Gasteiger partial charge in [0.25, 0.3) is 0 Å². The standard InChI is InChI=1S/C23H26N2O/c1-3-25(4-2)19-11-13-21-18(15-19)7-5-9-23(21)26-20-12-10-17-8-6-14-24-22(17)16-20/h5,7,9-13,15-16,24H,3-4,6,8,14H2,1-2H3. The fourth-order valence-corrected chi connectivity index (χ4v) is 3.75. The Hall–Kier alpha value is -2.68. The topological polar surface area (TPSA) is 24.5 Å². The largest absolute Gasteiger partial charge is 0.457 e. The predicted octanol–water partition coefficient (Wildman–Crippen LogP) is 5.84. The number of fused-ring (bicyclic) bond motifs is 2. The minimum Gasteiger partial charge on any atom is -0.457 e. The highest BCUT2D eigenvalue weighted by Crippen LogP contribution is 2.34. The lowest BCUT2D eigenvalue weighted by Gasteiger charge is -2.22. The molecule has 3 aromatic carbocycles. The molecule has 1 heterocycles. The third kappa shape index (κ3) is 3.22. The van der Waals surface area contributed by atoms with Crippen LogP contribution in [0.15, 0.2) is 54.6 Å². The fourth-order valence-electron chi connectivity index (χ4n) is 3.75. The van der Waals surface area contributed by atoms with E-state index in [-0.39, 0.29) is 0 Å². The van der Waals surface area contributed by atoms with Crippen molar-refractivity contribution in [1.29, 1.82) is 0 Å². The summed E-state index contributed by atoms with van der Waals surface area (Å²) in [7, 11) is 0. The first-order chi connectivity index (χ1) is 12.8. The van der Waals surface area contributed by atoms with Gasteiger partial charge in [-0.1, -0.05) is 18.2 Å². The van der Waals surface area contributed by atoms with E-state index in [1.54, 1.807) is 0 Å². The van der Waals surface area contributed by atoms with Crippen LogP contribution < -0.4 is 15.0 Å². The van der Waals surface area contributed by atoms with E-state index in [9.17, 15) is 0 Å². The van der Waals surface area contributed by atoms with Crippen LogP contribution >= 0.6 is 0 Å². The molecule has 3 nitrogen and oxygen atoms in total. The van der Waals surface area contributed by atoms with Crippen molar-refractivity contribution in [2.24, 2.45) is 0 Å². The first-order valence-electron chi connectivity index (χ1n) is 9.61. The average molecular weight is 346 g/mol. The summed E-state index contributed by atoms with van der Waals surface area (Å²) in [5, 5.41) is 5.83. The van der Waals surface area contributed by atoms with E-state index in [1.165, 1.54) is 28.7 Å². The molecule has 0 radical (unpaired) electrons. The number of nitrogens with one attached hydrogen (secondary N) is 1. The molecule has 1 aliphatic heterocycles. The second-order valence-electron chi connectivity index (χ2n) is 6.79. The Balaban J connectivity index is 1.66. The highest BCUT2D eigenvalue weighted by Gasteiger charge is 2.11. The van der Waals surface area contributed by atoms with Gasteiger partial charge in [0.2, 0.25) is 0 Å². The molecule has 26 heavy (non-hydrogen) atoms. The molecule has 0 spiro atoms. The highest BCUT2D eigenvalue weighted by molar-refractivity contribution is 5.91. The van der Waals surface area contributed by atoms with Gasteiger partial charge in [0.05, 0.1) is 0 Å². The van der Waals surface area contributed by atoms with Crippen LogP contribution in [-0.2, 0) is 6.42 Å². The van der Waals surface area contributed by atoms with Crippen LogP contribution in [-0.4, -0.2) is 19.6 Å². The van der Waals surface area contributed by atoms with E-state index in [0.29, 0.717) is 0 Å². The normalized spacial score (nSPS) is 13.2. The van der Waals surface area contributed by atoms with E-state index in [4.69, 9.17) is 4.74 Å². The number of aryl methyl sites for hydroxylation is 1. The molecule has 0 atom stereocenters. The molecule has 3 aromatic rings. The van der Waals surface area contributed by atoms with Gasteiger partial charge in [-0.3, -0.25) is 0 Å².